The van der Waals surface area contributed by atoms with Crippen molar-refractivity contribution in [3.05, 3.63) is 42.4 Å². The number of nitrogens with one attached hydrogen (secondary N) is 3. The van der Waals surface area contributed by atoms with E-state index in [-0.39, 0.29) is 22.9 Å². The predicted molar refractivity (Wildman–Crippen MR) is 140 cm³/mol. The normalized spacial score (nSPS) is 17.1. The first-order valence-electron chi connectivity index (χ1n) is 11.8. The zero-order valence-electron chi connectivity index (χ0n) is 21.2. The molecule has 4 N–H and O–H groups in total. The van der Waals surface area contributed by atoms with E-state index in [0.717, 1.165) is 29.7 Å². The molecule has 2 aromatic heterocycles. The third-order valence-corrected chi connectivity index (χ3v) is 6.51. The van der Waals surface area contributed by atoms with E-state index < -0.39 is 0 Å². The molecule has 3 heterocycles. The van der Waals surface area contributed by atoms with Gasteiger partial charge in [0.2, 0.25) is 5.95 Å². The van der Waals surface area contributed by atoms with Crippen molar-refractivity contribution in [1.82, 2.24) is 25.5 Å². The van der Waals surface area contributed by atoms with Gasteiger partial charge in [0.15, 0.2) is 0 Å². The fourth-order valence-corrected chi connectivity index (χ4v) is 5.14. The average molecular weight is 475 g/mol. The monoisotopic (exact) mass is 474 g/mol. The molecule has 0 amide bonds. The van der Waals surface area contributed by atoms with Gasteiger partial charge in [-0.15, -0.1) is 10.2 Å². The van der Waals surface area contributed by atoms with Crippen molar-refractivity contribution < 1.29 is 5.11 Å². The van der Waals surface area contributed by atoms with E-state index in [2.05, 4.69) is 63.4 Å². The molecular formula is C26H34N8O. The number of anilines is 2. The summed E-state index contributed by atoms with van der Waals surface area (Å²) in [6.45, 7) is 8.89. The van der Waals surface area contributed by atoms with Crippen LogP contribution in [0.3, 0.4) is 0 Å². The van der Waals surface area contributed by atoms with Crippen molar-refractivity contribution in [2.24, 2.45) is 0 Å². The third-order valence-electron chi connectivity index (χ3n) is 6.51. The summed E-state index contributed by atoms with van der Waals surface area (Å²) >= 11 is 0. The second kappa shape index (κ2) is 9.22. The molecule has 184 valence electrons. The predicted octanol–water partition coefficient (Wildman–Crippen LogP) is 4.09. The molecule has 0 atom stereocenters. The minimum Gasteiger partial charge on any atom is -0.507 e. The number of phenolic OH excluding ortho intramolecular Hbond substituents is 1. The first-order chi connectivity index (χ1) is 16.5. The average Bonchev–Trinajstić information content (AvgIpc) is 2.81. The van der Waals surface area contributed by atoms with E-state index in [0.29, 0.717) is 22.9 Å². The van der Waals surface area contributed by atoms with Crippen LogP contribution in [-0.4, -0.2) is 62.7 Å². The lowest BCUT2D eigenvalue weighted by molar-refractivity contribution is 0.160. The molecule has 3 aromatic rings. The van der Waals surface area contributed by atoms with E-state index in [1.165, 1.54) is 6.21 Å². The van der Waals surface area contributed by atoms with Crippen molar-refractivity contribution in [3.8, 4) is 28.1 Å². The van der Waals surface area contributed by atoms with Crippen molar-refractivity contribution in [2.75, 3.05) is 24.3 Å². The first-order valence-corrected chi connectivity index (χ1v) is 11.8. The fourth-order valence-electron chi connectivity index (χ4n) is 5.14. The lowest BCUT2D eigenvalue weighted by atomic mass is 9.79. The molecule has 0 radical (unpaired) electrons. The Labute approximate surface area is 206 Å². The number of benzene rings is 1. The van der Waals surface area contributed by atoms with Crippen LogP contribution in [0.25, 0.3) is 22.4 Å². The third kappa shape index (κ3) is 5.24. The van der Waals surface area contributed by atoms with Crippen molar-refractivity contribution in [2.45, 2.75) is 57.7 Å². The van der Waals surface area contributed by atoms with Crippen LogP contribution >= 0.6 is 0 Å². The molecule has 4 rings (SSSR count). The number of pyridine rings is 1. The number of piperidine rings is 1. The van der Waals surface area contributed by atoms with Crippen LogP contribution in [0.5, 0.6) is 5.75 Å². The van der Waals surface area contributed by atoms with Gasteiger partial charge in [-0.2, -0.15) is 0 Å². The molecule has 0 spiro atoms. The highest BCUT2D eigenvalue weighted by Crippen LogP contribution is 2.34. The number of hydrogen-bond donors (Lipinski definition) is 4. The molecule has 1 fully saturated rings. The van der Waals surface area contributed by atoms with Crippen LogP contribution in [-0.2, 0) is 0 Å². The minimum atomic E-state index is 0.0187. The molecule has 0 saturated carbocycles. The molecule has 0 bridgehead atoms. The Morgan fingerprint density at radius 2 is 1.77 bits per heavy atom. The van der Waals surface area contributed by atoms with Crippen molar-refractivity contribution in [1.29, 1.82) is 5.41 Å². The SMILES string of the molecule is CNc1cc(-c2ccc(-c3cnc(N(C)C4CC(C)(C)NC(C)(C)C4)nn3)c(O)c2)cnc1C=N. The zero-order chi connectivity index (χ0) is 25.4. The quantitative estimate of drug-likeness (QED) is 0.394. The van der Waals surface area contributed by atoms with Crippen LogP contribution in [0, 0.1) is 5.41 Å². The Bertz CT molecular complexity index is 1210. The lowest BCUT2D eigenvalue weighted by Crippen LogP contribution is -2.62. The van der Waals surface area contributed by atoms with Gasteiger partial charge in [-0.05, 0) is 64.3 Å². The molecule has 0 unspecified atom stereocenters. The maximum absolute atomic E-state index is 10.7. The van der Waals surface area contributed by atoms with E-state index in [1.54, 1.807) is 31.6 Å². The second-order valence-electron chi connectivity index (χ2n) is 10.5. The van der Waals surface area contributed by atoms with Gasteiger partial charge in [0.05, 0.1) is 11.9 Å². The number of nitrogens with zero attached hydrogens (tertiary/aromatic N) is 5. The lowest BCUT2D eigenvalue weighted by Gasteiger charge is -2.48. The Hall–Kier alpha value is -3.59. The summed E-state index contributed by atoms with van der Waals surface area (Å²) in [4.78, 5) is 11.0. The molecule has 1 aromatic carbocycles. The van der Waals surface area contributed by atoms with Crippen LogP contribution in [0.15, 0.2) is 36.7 Å². The molecule has 0 aliphatic carbocycles. The zero-order valence-corrected chi connectivity index (χ0v) is 21.2. The minimum absolute atomic E-state index is 0.0187. The maximum atomic E-state index is 10.7. The molecule has 35 heavy (non-hydrogen) atoms. The Morgan fingerprint density at radius 1 is 1.06 bits per heavy atom. The summed E-state index contributed by atoms with van der Waals surface area (Å²) in [5.74, 6) is 0.656. The highest BCUT2D eigenvalue weighted by molar-refractivity contribution is 5.85. The number of hydrogen-bond acceptors (Lipinski definition) is 9. The van der Waals surface area contributed by atoms with Gasteiger partial charge < -0.3 is 26.0 Å². The van der Waals surface area contributed by atoms with Crippen molar-refractivity contribution >= 4 is 17.9 Å². The number of phenols is 1. The summed E-state index contributed by atoms with van der Waals surface area (Å²) < 4.78 is 0. The van der Waals surface area contributed by atoms with Gasteiger partial charge in [0.1, 0.15) is 17.1 Å². The maximum Gasteiger partial charge on any atom is 0.245 e. The molecule has 9 heteroatoms. The van der Waals surface area contributed by atoms with Crippen molar-refractivity contribution in [3.63, 3.8) is 0 Å². The largest absolute Gasteiger partial charge is 0.507 e. The summed E-state index contributed by atoms with van der Waals surface area (Å²) in [6, 6.07) is 7.57. The van der Waals surface area contributed by atoms with Crippen LogP contribution in [0.4, 0.5) is 11.6 Å². The van der Waals surface area contributed by atoms with Gasteiger partial charge in [-0.25, -0.2) is 4.98 Å². The first kappa shape index (κ1) is 24.5. The van der Waals surface area contributed by atoms with E-state index in [1.807, 2.05) is 19.2 Å². The number of aromatic hydroxyl groups is 1. The van der Waals surface area contributed by atoms with Gasteiger partial charge in [0.25, 0.3) is 0 Å². The Kier molecular flexibility index (Phi) is 6.46. The topological polar surface area (TPSA) is 123 Å². The summed E-state index contributed by atoms with van der Waals surface area (Å²) in [6.07, 6.45) is 6.50. The Morgan fingerprint density at radius 3 is 2.34 bits per heavy atom. The van der Waals surface area contributed by atoms with Crippen LogP contribution in [0.2, 0.25) is 0 Å². The standard InChI is InChI=1S/C26H34N8O/c1-25(2)11-18(12-26(3,4)33-25)34(6)24-30-15-22(31-32-24)19-8-7-16(10-23(19)35)17-9-20(28-5)21(13-27)29-14-17/h7-10,13-15,18,27-28,33,35H,11-12H2,1-6H3. The molecule has 9 nitrogen and oxygen atoms in total. The molecular weight excluding hydrogens is 440 g/mol. The molecule has 1 aliphatic heterocycles. The summed E-state index contributed by atoms with van der Waals surface area (Å²) in [5, 5.41) is 33.7. The van der Waals surface area contributed by atoms with E-state index >= 15 is 0 Å². The molecule has 1 saturated heterocycles. The van der Waals surface area contributed by atoms with E-state index in [4.69, 9.17) is 5.41 Å². The highest BCUT2D eigenvalue weighted by atomic mass is 16.3. The fraction of sp³-hybridized carbons (Fsp3) is 0.423. The van der Waals surface area contributed by atoms with Gasteiger partial charge in [0, 0.05) is 54.8 Å². The number of aromatic nitrogens is 4. The van der Waals surface area contributed by atoms with Crippen LogP contribution < -0.4 is 15.5 Å². The Balaban J connectivity index is 1.55. The summed E-state index contributed by atoms with van der Waals surface area (Å²) in [7, 11) is 3.80. The van der Waals surface area contributed by atoms with Gasteiger partial charge >= 0.3 is 0 Å². The van der Waals surface area contributed by atoms with Gasteiger partial charge in [-0.1, -0.05) is 6.07 Å². The smallest absolute Gasteiger partial charge is 0.245 e. The van der Waals surface area contributed by atoms with Crippen LogP contribution in [0.1, 0.15) is 46.2 Å². The highest BCUT2D eigenvalue weighted by Gasteiger charge is 2.39. The number of rotatable bonds is 6. The summed E-state index contributed by atoms with van der Waals surface area (Å²) in [5.41, 5.74) is 4.04. The molecule has 1 aliphatic rings. The van der Waals surface area contributed by atoms with E-state index in [9.17, 15) is 5.11 Å². The second-order valence-corrected chi connectivity index (χ2v) is 10.5. The van der Waals surface area contributed by atoms with Gasteiger partial charge in [-0.3, -0.25) is 4.98 Å².